The number of alkyl halides is 3. The first-order valence-corrected chi connectivity index (χ1v) is 12.3. The molecule has 1 amide bonds. The molecular formula is C21H18Cl2F3N5O4S. The van der Waals surface area contributed by atoms with Gasteiger partial charge in [0, 0.05) is 24.0 Å². The highest BCUT2D eigenvalue weighted by molar-refractivity contribution is 7.89. The number of nitrogens with one attached hydrogen (secondary N) is 2. The number of pyridine rings is 1. The third kappa shape index (κ3) is 6.81. The SMILES string of the molecule is Cc1ccc(NC(=O)Cn2ncc(Cl)c(Cl)c2=O)cc1S(=O)(=O)N[C@H](Cc1ccccn1)C(F)(F)F. The van der Waals surface area contributed by atoms with Crippen molar-refractivity contribution in [3.8, 4) is 0 Å². The minimum atomic E-state index is -4.90. The molecule has 0 saturated heterocycles. The molecule has 2 aromatic heterocycles. The fourth-order valence-electron chi connectivity index (χ4n) is 3.06. The van der Waals surface area contributed by atoms with Crippen molar-refractivity contribution in [1.82, 2.24) is 19.5 Å². The summed E-state index contributed by atoms with van der Waals surface area (Å²) in [5.74, 6) is -0.772. The van der Waals surface area contributed by atoms with Crippen molar-refractivity contribution < 1.29 is 26.4 Å². The summed E-state index contributed by atoms with van der Waals surface area (Å²) < 4.78 is 69.2. The maximum Gasteiger partial charge on any atom is 0.405 e. The molecule has 192 valence electrons. The van der Waals surface area contributed by atoms with Gasteiger partial charge >= 0.3 is 6.18 Å². The molecule has 0 fully saturated rings. The first kappa shape index (κ1) is 27.6. The van der Waals surface area contributed by atoms with E-state index in [1.54, 1.807) is 4.72 Å². The molecule has 0 aliphatic heterocycles. The lowest BCUT2D eigenvalue weighted by molar-refractivity contribution is -0.151. The number of aromatic nitrogens is 3. The lowest BCUT2D eigenvalue weighted by atomic mass is 10.1. The summed E-state index contributed by atoms with van der Waals surface area (Å²) in [5, 5.41) is 5.63. The second kappa shape index (κ2) is 10.9. The maximum absolute atomic E-state index is 13.6. The number of anilines is 1. The van der Waals surface area contributed by atoms with Crippen molar-refractivity contribution in [3.05, 3.63) is 80.4 Å². The van der Waals surface area contributed by atoms with E-state index < -0.39 is 51.6 Å². The molecule has 2 N–H and O–H groups in total. The number of amides is 1. The van der Waals surface area contributed by atoms with Crippen molar-refractivity contribution in [2.45, 2.75) is 37.0 Å². The Hall–Kier alpha value is -3.00. The Morgan fingerprint density at radius 3 is 2.56 bits per heavy atom. The molecule has 0 aliphatic carbocycles. The van der Waals surface area contributed by atoms with Gasteiger partial charge in [-0.3, -0.25) is 14.6 Å². The number of hydrogen-bond acceptors (Lipinski definition) is 6. The van der Waals surface area contributed by atoms with Gasteiger partial charge in [0.25, 0.3) is 5.56 Å². The zero-order valence-corrected chi connectivity index (χ0v) is 20.7. The molecule has 0 unspecified atom stereocenters. The van der Waals surface area contributed by atoms with Crippen LogP contribution in [0.1, 0.15) is 11.3 Å². The largest absolute Gasteiger partial charge is 0.405 e. The zero-order chi connectivity index (χ0) is 26.7. The van der Waals surface area contributed by atoms with Crippen LogP contribution < -0.4 is 15.6 Å². The number of aryl methyl sites for hydroxylation is 1. The van der Waals surface area contributed by atoms with Gasteiger partial charge in [-0.1, -0.05) is 35.3 Å². The maximum atomic E-state index is 13.6. The molecule has 0 radical (unpaired) electrons. The summed E-state index contributed by atoms with van der Waals surface area (Å²) >= 11 is 11.4. The molecule has 9 nitrogen and oxygen atoms in total. The molecule has 15 heteroatoms. The molecule has 1 aromatic carbocycles. The lowest BCUT2D eigenvalue weighted by Crippen LogP contribution is -2.47. The van der Waals surface area contributed by atoms with Crippen LogP contribution in [-0.4, -0.2) is 41.3 Å². The number of carbonyl (C=O) groups excluding carboxylic acids is 1. The monoisotopic (exact) mass is 563 g/mol. The smallest absolute Gasteiger partial charge is 0.324 e. The predicted molar refractivity (Wildman–Crippen MR) is 126 cm³/mol. The van der Waals surface area contributed by atoms with E-state index in [0.717, 1.165) is 16.9 Å². The van der Waals surface area contributed by atoms with Crippen LogP contribution in [0.4, 0.5) is 18.9 Å². The molecular weight excluding hydrogens is 546 g/mol. The number of halogens is 5. The van der Waals surface area contributed by atoms with E-state index >= 15 is 0 Å². The number of rotatable bonds is 8. The second-order valence-electron chi connectivity index (χ2n) is 7.54. The average molecular weight is 564 g/mol. The standard InChI is InChI=1S/C21H18Cl2F3N5O4S/c1-12-5-6-14(29-18(32)11-31-20(33)19(23)15(22)10-28-31)8-16(12)36(34,35)30-17(21(24,25)26)9-13-4-2-3-7-27-13/h2-8,10,17,30H,9,11H2,1H3,(H,29,32)/t17-/m1/s1. The molecule has 0 aliphatic rings. The molecule has 0 spiro atoms. The molecule has 0 bridgehead atoms. The van der Waals surface area contributed by atoms with Crippen molar-refractivity contribution >= 4 is 44.8 Å². The van der Waals surface area contributed by atoms with Crippen molar-refractivity contribution in [2.75, 3.05) is 5.32 Å². The number of sulfonamides is 1. The van der Waals surface area contributed by atoms with Gasteiger partial charge in [0.1, 0.15) is 17.6 Å². The van der Waals surface area contributed by atoms with Gasteiger partial charge in [-0.2, -0.15) is 23.0 Å². The van der Waals surface area contributed by atoms with E-state index in [4.69, 9.17) is 23.2 Å². The molecule has 0 saturated carbocycles. The van der Waals surface area contributed by atoms with Gasteiger partial charge in [-0.25, -0.2) is 13.1 Å². The number of hydrogen-bond donors (Lipinski definition) is 2. The summed E-state index contributed by atoms with van der Waals surface area (Å²) in [7, 11) is -4.68. The molecule has 3 aromatic rings. The highest BCUT2D eigenvalue weighted by Gasteiger charge is 2.42. The topological polar surface area (TPSA) is 123 Å². The number of benzene rings is 1. The quantitative estimate of drug-likeness (QED) is 0.433. The molecule has 36 heavy (non-hydrogen) atoms. The number of carbonyl (C=O) groups is 1. The van der Waals surface area contributed by atoms with Gasteiger partial charge in [0.05, 0.1) is 16.1 Å². The Kier molecular flexibility index (Phi) is 8.39. The minimum Gasteiger partial charge on any atom is -0.324 e. The minimum absolute atomic E-state index is 0.0348. The van der Waals surface area contributed by atoms with E-state index in [0.29, 0.717) is 0 Å². The summed E-state index contributed by atoms with van der Waals surface area (Å²) in [6.45, 7) is 0.810. The Bertz CT molecular complexity index is 1430. The first-order valence-electron chi connectivity index (χ1n) is 10.1. The summed E-state index contributed by atoms with van der Waals surface area (Å²) in [4.78, 5) is 27.8. The van der Waals surface area contributed by atoms with E-state index in [2.05, 4.69) is 15.4 Å². The van der Waals surface area contributed by atoms with Gasteiger partial charge < -0.3 is 5.32 Å². The van der Waals surface area contributed by atoms with Gasteiger partial charge in [0.2, 0.25) is 15.9 Å². The van der Waals surface area contributed by atoms with Crippen molar-refractivity contribution in [2.24, 2.45) is 0 Å². The molecule has 2 heterocycles. The molecule has 3 rings (SSSR count). The normalized spacial score (nSPS) is 12.8. The van der Waals surface area contributed by atoms with Gasteiger partial charge in [-0.15, -0.1) is 0 Å². The Morgan fingerprint density at radius 2 is 1.92 bits per heavy atom. The van der Waals surface area contributed by atoms with Crippen LogP contribution >= 0.6 is 23.2 Å². The predicted octanol–water partition coefficient (Wildman–Crippen LogP) is 3.34. The third-order valence-electron chi connectivity index (χ3n) is 4.83. The van der Waals surface area contributed by atoms with Crippen LogP contribution in [0.2, 0.25) is 10.0 Å². The lowest BCUT2D eigenvalue weighted by Gasteiger charge is -2.22. The summed E-state index contributed by atoms with van der Waals surface area (Å²) in [6, 6.07) is 5.59. The highest BCUT2D eigenvalue weighted by Crippen LogP contribution is 2.26. The average Bonchev–Trinajstić information content (AvgIpc) is 2.80. The van der Waals surface area contributed by atoms with Crippen LogP contribution in [0.25, 0.3) is 0 Å². The van der Waals surface area contributed by atoms with E-state index in [1.807, 2.05) is 0 Å². The van der Waals surface area contributed by atoms with Crippen LogP contribution in [0.3, 0.4) is 0 Å². The Morgan fingerprint density at radius 1 is 1.19 bits per heavy atom. The van der Waals surface area contributed by atoms with Crippen LogP contribution in [0.5, 0.6) is 0 Å². The summed E-state index contributed by atoms with van der Waals surface area (Å²) in [6.07, 6.45) is -3.24. The fourth-order valence-corrected chi connectivity index (χ4v) is 4.83. The molecule has 1 atom stereocenters. The Labute approximate surface area is 213 Å². The van der Waals surface area contributed by atoms with Gasteiger partial charge in [-0.05, 0) is 36.8 Å². The van der Waals surface area contributed by atoms with Crippen molar-refractivity contribution in [1.29, 1.82) is 0 Å². The Balaban J connectivity index is 1.82. The van der Waals surface area contributed by atoms with E-state index in [9.17, 15) is 31.2 Å². The third-order valence-corrected chi connectivity index (χ3v) is 7.19. The van der Waals surface area contributed by atoms with Crippen LogP contribution in [0.15, 0.2) is 58.5 Å². The number of nitrogens with zero attached hydrogens (tertiary/aromatic N) is 3. The zero-order valence-electron chi connectivity index (χ0n) is 18.4. The first-order chi connectivity index (χ1) is 16.8. The highest BCUT2D eigenvalue weighted by atomic mass is 35.5. The fraction of sp³-hybridized carbons (Fsp3) is 0.238. The summed E-state index contributed by atoms with van der Waals surface area (Å²) in [5.41, 5.74) is -0.665. The van der Waals surface area contributed by atoms with Crippen molar-refractivity contribution in [3.63, 3.8) is 0 Å². The van der Waals surface area contributed by atoms with E-state index in [1.165, 1.54) is 43.5 Å². The van der Waals surface area contributed by atoms with Gasteiger partial charge in [0.15, 0.2) is 0 Å². The van der Waals surface area contributed by atoms with Crippen LogP contribution in [0, 0.1) is 6.92 Å². The van der Waals surface area contributed by atoms with E-state index in [-0.39, 0.29) is 27.0 Å². The van der Waals surface area contributed by atoms with Crippen LogP contribution in [-0.2, 0) is 27.8 Å². The second-order valence-corrected chi connectivity index (χ2v) is 10.0.